The molecule has 1 aromatic carbocycles. The van der Waals surface area contributed by atoms with Gasteiger partial charge in [-0.25, -0.2) is 13.6 Å². The first kappa shape index (κ1) is 17.5. The van der Waals surface area contributed by atoms with Crippen molar-refractivity contribution in [3.05, 3.63) is 29.3 Å². The number of ether oxygens (including phenoxy) is 1. The van der Waals surface area contributed by atoms with Crippen LogP contribution in [0.2, 0.25) is 0 Å². The molecular weight excluding hydrogens is 302 g/mol. The van der Waals surface area contributed by atoms with Gasteiger partial charge < -0.3 is 15.4 Å². The Labute approximate surface area is 135 Å². The topological polar surface area (TPSA) is 50.4 Å². The minimum Gasteiger partial charge on any atom is -0.444 e. The average molecular weight is 326 g/mol. The molecule has 0 radical (unpaired) electrons. The fourth-order valence-corrected chi connectivity index (χ4v) is 2.71. The van der Waals surface area contributed by atoms with Crippen molar-refractivity contribution in [2.75, 3.05) is 5.32 Å². The molecule has 6 heteroatoms. The van der Waals surface area contributed by atoms with E-state index >= 15 is 0 Å². The summed E-state index contributed by atoms with van der Waals surface area (Å²) in [6, 6.07) is 2.53. The van der Waals surface area contributed by atoms with Crippen molar-refractivity contribution in [1.82, 2.24) is 5.32 Å². The molecule has 23 heavy (non-hydrogen) atoms. The first-order chi connectivity index (χ1) is 10.7. The van der Waals surface area contributed by atoms with Gasteiger partial charge in [-0.1, -0.05) is 6.07 Å². The van der Waals surface area contributed by atoms with Crippen molar-refractivity contribution >= 4 is 11.8 Å². The molecule has 1 saturated carbocycles. The molecule has 1 aromatic rings. The van der Waals surface area contributed by atoms with Gasteiger partial charge in [-0.2, -0.15) is 0 Å². The highest BCUT2D eigenvalue weighted by atomic mass is 19.1. The highest BCUT2D eigenvalue weighted by molar-refractivity contribution is 5.68. The van der Waals surface area contributed by atoms with Gasteiger partial charge in [0.1, 0.15) is 17.1 Å². The fraction of sp³-hybridized carbons (Fsp3) is 0.588. The molecule has 4 nitrogen and oxygen atoms in total. The zero-order valence-electron chi connectivity index (χ0n) is 14.0. The number of halogens is 2. The molecule has 1 aliphatic rings. The Morgan fingerprint density at radius 2 is 1.87 bits per heavy atom. The number of carbonyl (C=O) groups is 1. The van der Waals surface area contributed by atoms with E-state index in [-0.39, 0.29) is 17.8 Å². The molecule has 128 valence electrons. The van der Waals surface area contributed by atoms with E-state index in [0.717, 1.165) is 12.8 Å². The monoisotopic (exact) mass is 326 g/mol. The molecule has 2 atom stereocenters. The van der Waals surface area contributed by atoms with E-state index in [0.29, 0.717) is 12.0 Å². The van der Waals surface area contributed by atoms with Gasteiger partial charge in [0.05, 0.1) is 0 Å². The summed E-state index contributed by atoms with van der Waals surface area (Å²) < 4.78 is 33.0. The van der Waals surface area contributed by atoms with Crippen molar-refractivity contribution in [2.45, 2.75) is 64.6 Å². The number of hydrogen-bond acceptors (Lipinski definition) is 3. The lowest BCUT2D eigenvalue weighted by atomic mass is 10.1. The molecule has 1 amide bonds. The molecule has 2 rings (SSSR count). The normalized spacial score (nSPS) is 21.1. The number of alkyl carbamates (subject to hydrolysis) is 1. The molecule has 0 spiro atoms. The lowest BCUT2D eigenvalue weighted by molar-refractivity contribution is 0.0505. The maximum Gasteiger partial charge on any atom is 0.407 e. The van der Waals surface area contributed by atoms with E-state index < -0.39 is 23.3 Å². The van der Waals surface area contributed by atoms with Crippen LogP contribution in [0.5, 0.6) is 0 Å². The quantitative estimate of drug-likeness (QED) is 0.878. The summed E-state index contributed by atoms with van der Waals surface area (Å²) in [4.78, 5) is 11.8. The number of aryl methyl sites for hydroxylation is 1. The van der Waals surface area contributed by atoms with Crippen LogP contribution >= 0.6 is 0 Å². The first-order valence-corrected chi connectivity index (χ1v) is 7.86. The summed E-state index contributed by atoms with van der Waals surface area (Å²) in [6.07, 6.45) is 1.61. The van der Waals surface area contributed by atoms with Crippen molar-refractivity contribution in [3.63, 3.8) is 0 Å². The van der Waals surface area contributed by atoms with Crippen LogP contribution in [-0.4, -0.2) is 23.8 Å². The van der Waals surface area contributed by atoms with E-state index in [1.807, 2.05) is 0 Å². The summed E-state index contributed by atoms with van der Waals surface area (Å²) in [5.74, 6) is -1.16. The maximum atomic E-state index is 14.0. The molecule has 0 aromatic heterocycles. The SMILES string of the molecule is Cc1ccc(F)c(NC2CCC(NC(=O)OC(C)(C)C)C2)c1F. The van der Waals surface area contributed by atoms with E-state index in [1.165, 1.54) is 12.1 Å². The second-order valence-corrected chi connectivity index (χ2v) is 7.05. The zero-order valence-corrected chi connectivity index (χ0v) is 14.0. The van der Waals surface area contributed by atoms with Crippen LogP contribution in [0.25, 0.3) is 0 Å². The van der Waals surface area contributed by atoms with E-state index in [9.17, 15) is 13.6 Å². The number of rotatable bonds is 3. The molecule has 0 saturated heterocycles. The Kier molecular flexibility index (Phi) is 5.12. The third kappa shape index (κ3) is 4.81. The third-order valence-electron chi connectivity index (χ3n) is 3.79. The van der Waals surface area contributed by atoms with Crippen molar-refractivity contribution in [2.24, 2.45) is 0 Å². The summed E-state index contributed by atoms with van der Waals surface area (Å²) >= 11 is 0. The minimum absolute atomic E-state index is 0.0571. The number of nitrogens with one attached hydrogen (secondary N) is 2. The summed E-state index contributed by atoms with van der Waals surface area (Å²) in [7, 11) is 0. The van der Waals surface area contributed by atoms with Gasteiger partial charge in [-0.05, 0) is 58.6 Å². The second-order valence-electron chi connectivity index (χ2n) is 7.05. The number of anilines is 1. The molecular formula is C17H24F2N2O2. The highest BCUT2D eigenvalue weighted by Crippen LogP contribution is 2.28. The molecule has 2 N–H and O–H groups in total. The Bertz CT molecular complexity index is 585. The van der Waals surface area contributed by atoms with Crippen molar-refractivity contribution in [3.8, 4) is 0 Å². The Morgan fingerprint density at radius 3 is 2.52 bits per heavy atom. The predicted octanol–water partition coefficient (Wildman–Crippen LogP) is 4.13. The van der Waals surface area contributed by atoms with Gasteiger partial charge in [-0.15, -0.1) is 0 Å². The predicted molar refractivity (Wildman–Crippen MR) is 85.5 cm³/mol. The van der Waals surface area contributed by atoms with Crippen LogP contribution in [-0.2, 0) is 4.74 Å². The number of hydrogen-bond donors (Lipinski definition) is 2. The standard InChI is InChI=1S/C17H24F2N2O2/c1-10-5-8-13(18)15(14(10)19)20-11-6-7-12(9-11)21-16(22)23-17(2,3)4/h5,8,11-12,20H,6-7,9H2,1-4H3,(H,21,22). The molecule has 0 heterocycles. The summed E-state index contributed by atoms with van der Waals surface area (Å²) in [5.41, 5.74) is -0.239. The summed E-state index contributed by atoms with van der Waals surface area (Å²) in [6.45, 7) is 7.00. The van der Waals surface area contributed by atoms with E-state index in [1.54, 1.807) is 27.7 Å². The van der Waals surface area contributed by atoms with Gasteiger partial charge in [0.25, 0.3) is 0 Å². The number of benzene rings is 1. The van der Waals surface area contributed by atoms with Crippen molar-refractivity contribution < 1.29 is 18.3 Å². The number of carbonyl (C=O) groups excluding carboxylic acids is 1. The molecule has 2 unspecified atom stereocenters. The van der Waals surface area contributed by atoms with Crippen LogP contribution in [0.15, 0.2) is 12.1 Å². The van der Waals surface area contributed by atoms with Gasteiger partial charge in [0.2, 0.25) is 0 Å². The van der Waals surface area contributed by atoms with Crippen LogP contribution in [0.3, 0.4) is 0 Å². The fourth-order valence-electron chi connectivity index (χ4n) is 2.71. The maximum absolute atomic E-state index is 14.0. The Morgan fingerprint density at radius 1 is 1.22 bits per heavy atom. The van der Waals surface area contributed by atoms with E-state index in [2.05, 4.69) is 10.6 Å². The molecule has 1 aliphatic carbocycles. The highest BCUT2D eigenvalue weighted by Gasteiger charge is 2.28. The minimum atomic E-state index is -0.600. The lowest BCUT2D eigenvalue weighted by Crippen LogP contribution is -2.38. The van der Waals surface area contributed by atoms with Gasteiger partial charge >= 0.3 is 6.09 Å². The van der Waals surface area contributed by atoms with Gasteiger partial charge in [-0.3, -0.25) is 0 Å². The third-order valence-corrected chi connectivity index (χ3v) is 3.79. The Balaban J connectivity index is 1.91. The summed E-state index contributed by atoms with van der Waals surface area (Å²) in [5, 5.41) is 5.73. The molecule has 1 fully saturated rings. The van der Waals surface area contributed by atoms with Crippen LogP contribution in [0, 0.1) is 18.6 Å². The van der Waals surface area contributed by atoms with Gasteiger partial charge in [0, 0.05) is 12.1 Å². The molecule has 0 bridgehead atoms. The van der Waals surface area contributed by atoms with E-state index in [4.69, 9.17) is 4.74 Å². The lowest BCUT2D eigenvalue weighted by Gasteiger charge is -2.22. The van der Waals surface area contributed by atoms with Crippen LogP contribution < -0.4 is 10.6 Å². The zero-order chi connectivity index (χ0) is 17.2. The number of amides is 1. The van der Waals surface area contributed by atoms with Crippen LogP contribution in [0.4, 0.5) is 19.3 Å². The first-order valence-electron chi connectivity index (χ1n) is 7.86. The van der Waals surface area contributed by atoms with Crippen molar-refractivity contribution in [1.29, 1.82) is 0 Å². The largest absolute Gasteiger partial charge is 0.444 e. The average Bonchev–Trinajstić information content (AvgIpc) is 2.84. The smallest absolute Gasteiger partial charge is 0.407 e. The Hall–Kier alpha value is -1.85. The van der Waals surface area contributed by atoms with Gasteiger partial charge in [0.15, 0.2) is 5.82 Å². The second kappa shape index (κ2) is 6.72. The molecule has 0 aliphatic heterocycles. The van der Waals surface area contributed by atoms with Crippen LogP contribution in [0.1, 0.15) is 45.6 Å².